The van der Waals surface area contributed by atoms with Gasteiger partial charge in [0, 0.05) is 24.3 Å². The van der Waals surface area contributed by atoms with Gasteiger partial charge in [-0.1, -0.05) is 31.5 Å². The molecule has 5 nitrogen and oxygen atoms in total. The second-order valence-electron chi connectivity index (χ2n) is 6.16. The number of carbonyl (C=O) groups is 1. The van der Waals surface area contributed by atoms with Gasteiger partial charge in [-0.2, -0.15) is 0 Å². The minimum atomic E-state index is -3.61. The van der Waals surface area contributed by atoms with E-state index in [1.807, 2.05) is 17.0 Å². The Morgan fingerprint density at radius 1 is 1.08 bits per heavy atom. The van der Waals surface area contributed by atoms with Crippen LogP contribution in [0.3, 0.4) is 0 Å². The summed E-state index contributed by atoms with van der Waals surface area (Å²) in [4.78, 5) is 14.2. The van der Waals surface area contributed by atoms with Crippen molar-refractivity contribution in [2.45, 2.75) is 37.5 Å². The second kappa shape index (κ2) is 7.27. The van der Waals surface area contributed by atoms with Gasteiger partial charge < -0.3 is 4.90 Å². The highest BCUT2D eigenvalue weighted by atomic mass is 32.2. The molecule has 1 N–H and O–H groups in total. The first-order chi connectivity index (χ1) is 12.0. The summed E-state index contributed by atoms with van der Waals surface area (Å²) >= 11 is 0. The molecule has 0 radical (unpaired) electrons. The smallest absolute Gasteiger partial charge is 0.261 e. The Labute approximate surface area is 148 Å². The van der Waals surface area contributed by atoms with Gasteiger partial charge in [-0.3, -0.25) is 9.52 Å². The van der Waals surface area contributed by atoms with Crippen molar-refractivity contribution >= 4 is 27.3 Å². The molecule has 0 saturated carbocycles. The Kier molecular flexibility index (Phi) is 5.08. The summed E-state index contributed by atoms with van der Waals surface area (Å²) in [6.07, 6.45) is 3.07. The minimum Gasteiger partial charge on any atom is -0.312 e. The summed E-state index contributed by atoms with van der Waals surface area (Å²) in [5.74, 6) is 0.138. The van der Waals surface area contributed by atoms with E-state index in [0.717, 1.165) is 24.1 Å². The van der Waals surface area contributed by atoms with Gasteiger partial charge >= 0.3 is 0 Å². The third-order valence-electron chi connectivity index (χ3n) is 4.32. The molecule has 1 aliphatic heterocycles. The van der Waals surface area contributed by atoms with E-state index in [0.29, 0.717) is 25.1 Å². The zero-order valence-electron chi connectivity index (χ0n) is 14.2. The molecule has 1 aliphatic rings. The fourth-order valence-electron chi connectivity index (χ4n) is 3.00. The van der Waals surface area contributed by atoms with Crippen molar-refractivity contribution in [3.05, 3.63) is 54.1 Å². The normalized spacial score (nSPS) is 14.3. The average molecular weight is 358 g/mol. The summed E-state index contributed by atoms with van der Waals surface area (Å²) in [5, 5.41) is 0. The topological polar surface area (TPSA) is 66.5 Å². The first kappa shape index (κ1) is 17.5. The third-order valence-corrected chi connectivity index (χ3v) is 5.72. The number of sulfonamides is 1. The number of aryl methyl sites for hydroxylation is 1. The van der Waals surface area contributed by atoms with Gasteiger partial charge in [0.25, 0.3) is 10.0 Å². The number of benzene rings is 2. The fourth-order valence-corrected chi connectivity index (χ4v) is 4.07. The first-order valence-corrected chi connectivity index (χ1v) is 10.0. The number of amides is 1. The number of carbonyl (C=O) groups excluding carboxylic acids is 1. The Morgan fingerprint density at radius 2 is 1.84 bits per heavy atom. The van der Waals surface area contributed by atoms with Crippen molar-refractivity contribution in [2.24, 2.45) is 0 Å². The molecule has 2 aromatic rings. The lowest BCUT2D eigenvalue weighted by Crippen LogP contribution is -2.35. The average Bonchev–Trinajstić information content (AvgIpc) is 2.61. The van der Waals surface area contributed by atoms with Crippen LogP contribution in [0, 0.1) is 0 Å². The molecular formula is C19H22N2O3S. The summed E-state index contributed by atoms with van der Waals surface area (Å²) in [6, 6.07) is 13.7. The van der Waals surface area contributed by atoms with Gasteiger partial charge in [0.15, 0.2) is 0 Å². The summed E-state index contributed by atoms with van der Waals surface area (Å²) in [6.45, 7) is 2.80. The molecule has 0 unspecified atom stereocenters. The highest BCUT2D eigenvalue weighted by Crippen LogP contribution is 2.31. The SMILES string of the molecule is CCCCN1C(=O)CCc2cc(NS(=O)(=O)c3ccccc3)ccc21. The van der Waals surface area contributed by atoms with Gasteiger partial charge in [-0.05, 0) is 48.7 Å². The zero-order valence-corrected chi connectivity index (χ0v) is 15.1. The zero-order chi connectivity index (χ0) is 17.9. The molecule has 2 aromatic carbocycles. The largest absolute Gasteiger partial charge is 0.312 e. The molecule has 0 aromatic heterocycles. The number of anilines is 2. The highest BCUT2D eigenvalue weighted by molar-refractivity contribution is 7.92. The van der Waals surface area contributed by atoms with E-state index < -0.39 is 10.0 Å². The van der Waals surface area contributed by atoms with Crippen LogP contribution in [-0.2, 0) is 21.2 Å². The number of fused-ring (bicyclic) bond motifs is 1. The lowest BCUT2D eigenvalue weighted by atomic mass is 10.00. The van der Waals surface area contributed by atoms with Crippen LogP contribution in [0.4, 0.5) is 11.4 Å². The molecule has 3 rings (SSSR count). The van der Waals surface area contributed by atoms with E-state index in [1.54, 1.807) is 36.4 Å². The lowest BCUT2D eigenvalue weighted by molar-refractivity contribution is -0.118. The molecule has 0 atom stereocenters. The van der Waals surface area contributed by atoms with E-state index in [9.17, 15) is 13.2 Å². The fraction of sp³-hybridized carbons (Fsp3) is 0.316. The molecule has 0 bridgehead atoms. The molecule has 6 heteroatoms. The molecule has 25 heavy (non-hydrogen) atoms. The molecule has 0 aliphatic carbocycles. The van der Waals surface area contributed by atoms with E-state index in [4.69, 9.17) is 0 Å². The maximum atomic E-state index is 12.5. The molecule has 0 fully saturated rings. The van der Waals surface area contributed by atoms with Crippen LogP contribution in [0.15, 0.2) is 53.4 Å². The van der Waals surface area contributed by atoms with Crippen LogP contribution in [0.1, 0.15) is 31.7 Å². The van der Waals surface area contributed by atoms with Crippen LogP contribution in [-0.4, -0.2) is 20.9 Å². The van der Waals surface area contributed by atoms with Crippen LogP contribution in [0.2, 0.25) is 0 Å². The Balaban J connectivity index is 1.85. The highest BCUT2D eigenvalue weighted by Gasteiger charge is 2.24. The van der Waals surface area contributed by atoms with Crippen LogP contribution in [0.5, 0.6) is 0 Å². The van der Waals surface area contributed by atoms with E-state index in [-0.39, 0.29) is 10.8 Å². The quantitative estimate of drug-likeness (QED) is 0.858. The molecule has 132 valence electrons. The Bertz CT molecular complexity index is 863. The number of nitrogens with one attached hydrogen (secondary N) is 1. The van der Waals surface area contributed by atoms with Crippen molar-refractivity contribution in [3.63, 3.8) is 0 Å². The predicted molar refractivity (Wildman–Crippen MR) is 99.3 cm³/mol. The van der Waals surface area contributed by atoms with Gasteiger partial charge in [0.2, 0.25) is 5.91 Å². The van der Waals surface area contributed by atoms with Crippen LogP contribution in [0.25, 0.3) is 0 Å². The monoisotopic (exact) mass is 358 g/mol. The number of rotatable bonds is 6. The number of hydrogen-bond acceptors (Lipinski definition) is 3. The summed E-state index contributed by atoms with van der Waals surface area (Å²) < 4.78 is 27.5. The van der Waals surface area contributed by atoms with Crippen LogP contribution < -0.4 is 9.62 Å². The van der Waals surface area contributed by atoms with E-state index in [1.165, 1.54) is 0 Å². The van der Waals surface area contributed by atoms with E-state index in [2.05, 4.69) is 11.6 Å². The standard InChI is InChI=1S/C19H22N2O3S/c1-2-3-13-21-18-11-10-16(14-15(18)9-12-19(21)22)20-25(23,24)17-7-5-4-6-8-17/h4-8,10-11,14,20H,2-3,9,12-13H2,1H3. The third kappa shape index (κ3) is 3.85. The first-order valence-electron chi connectivity index (χ1n) is 8.52. The predicted octanol–water partition coefficient (Wildman–Crippen LogP) is 3.57. The lowest BCUT2D eigenvalue weighted by Gasteiger charge is -2.29. The molecule has 1 heterocycles. The van der Waals surface area contributed by atoms with Gasteiger partial charge in [-0.25, -0.2) is 8.42 Å². The maximum Gasteiger partial charge on any atom is 0.261 e. The van der Waals surface area contributed by atoms with Crippen molar-refractivity contribution < 1.29 is 13.2 Å². The maximum absolute atomic E-state index is 12.5. The molecular weight excluding hydrogens is 336 g/mol. The van der Waals surface area contributed by atoms with Crippen molar-refractivity contribution in [1.29, 1.82) is 0 Å². The van der Waals surface area contributed by atoms with Gasteiger partial charge in [-0.15, -0.1) is 0 Å². The molecule has 0 spiro atoms. The van der Waals surface area contributed by atoms with Crippen molar-refractivity contribution in [1.82, 2.24) is 0 Å². The van der Waals surface area contributed by atoms with Crippen molar-refractivity contribution in [2.75, 3.05) is 16.2 Å². The second-order valence-corrected chi connectivity index (χ2v) is 7.84. The molecule has 0 saturated heterocycles. The van der Waals surface area contributed by atoms with Crippen molar-refractivity contribution in [3.8, 4) is 0 Å². The summed E-state index contributed by atoms with van der Waals surface area (Å²) in [5.41, 5.74) is 2.42. The number of nitrogens with zero attached hydrogens (tertiary/aromatic N) is 1. The number of unbranched alkanes of at least 4 members (excludes halogenated alkanes) is 1. The number of hydrogen-bond donors (Lipinski definition) is 1. The Hall–Kier alpha value is -2.34. The van der Waals surface area contributed by atoms with Crippen LogP contribution >= 0.6 is 0 Å². The van der Waals surface area contributed by atoms with Gasteiger partial charge in [0.05, 0.1) is 4.90 Å². The minimum absolute atomic E-state index is 0.138. The molecule has 1 amide bonds. The summed E-state index contributed by atoms with van der Waals surface area (Å²) in [7, 11) is -3.61. The van der Waals surface area contributed by atoms with E-state index >= 15 is 0 Å². The van der Waals surface area contributed by atoms with Gasteiger partial charge in [0.1, 0.15) is 0 Å². The Morgan fingerprint density at radius 3 is 2.56 bits per heavy atom.